The summed E-state index contributed by atoms with van der Waals surface area (Å²) in [5, 5.41) is 0. The average Bonchev–Trinajstić information content (AvgIpc) is 2.16. The fourth-order valence-electron chi connectivity index (χ4n) is 0.960. The van der Waals surface area contributed by atoms with Crippen LogP contribution in [0.25, 0.3) is 0 Å². The summed E-state index contributed by atoms with van der Waals surface area (Å²) in [5.41, 5.74) is 0. The molecule has 1 N–H and O–H groups in total. The van der Waals surface area contributed by atoms with E-state index < -0.39 is 30.0 Å². The molecule has 0 radical (unpaired) electrons. The van der Waals surface area contributed by atoms with Gasteiger partial charge in [0.15, 0.2) is 0 Å². The Morgan fingerprint density at radius 1 is 1.12 bits per heavy atom. The molecule has 6 nitrogen and oxygen atoms in total. The van der Waals surface area contributed by atoms with Crippen LogP contribution in [0, 0.1) is 0 Å². The molecule has 0 fully saturated rings. The van der Waals surface area contributed by atoms with E-state index in [1.165, 1.54) is 12.1 Å². The van der Waals surface area contributed by atoms with Gasteiger partial charge < -0.3 is 2.85 Å². The van der Waals surface area contributed by atoms with Gasteiger partial charge in [-0.1, -0.05) is 12.1 Å². The van der Waals surface area contributed by atoms with Crippen molar-refractivity contribution in [2.45, 2.75) is 9.79 Å². The van der Waals surface area contributed by atoms with Crippen LogP contribution >= 0.6 is 0 Å². The third-order valence-electron chi connectivity index (χ3n) is 1.62. The van der Waals surface area contributed by atoms with Crippen LogP contribution in [0.15, 0.2) is 34.1 Å². The van der Waals surface area contributed by atoms with Crippen LogP contribution in [0.5, 0.6) is 0 Å². The quantitative estimate of drug-likeness (QED) is 0.479. The van der Waals surface area contributed by atoms with Crippen molar-refractivity contribution in [3.8, 4) is 0 Å². The molecule has 16 heavy (non-hydrogen) atoms. The van der Waals surface area contributed by atoms with Crippen molar-refractivity contribution >= 4 is 43.3 Å². The maximum absolute atomic E-state index is 11.3. The maximum Gasteiger partial charge on any atom is 2.00 e. The Balaban J connectivity index is -0.000000750. The summed E-state index contributed by atoms with van der Waals surface area (Å²) in [4.78, 5) is -1.29. The van der Waals surface area contributed by atoms with E-state index in [0.29, 0.717) is 0 Å². The molecule has 0 spiro atoms. The molecule has 0 aliphatic heterocycles. The fraction of sp³-hybridized carbons (Fsp3) is 0.143. The molecule has 0 saturated heterocycles. The summed E-state index contributed by atoms with van der Waals surface area (Å²) in [6, 6.07) is 4.61. The van der Waals surface area contributed by atoms with E-state index in [9.17, 15) is 16.8 Å². The molecule has 0 heterocycles. The van der Waals surface area contributed by atoms with Crippen molar-refractivity contribution in [3.63, 3.8) is 0 Å². The zero-order valence-corrected chi connectivity index (χ0v) is 11.4. The number of rotatable bonds is 3. The molecule has 1 rings (SSSR count). The smallest absolute Gasteiger partial charge is 1.00 e. The van der Waals surface area contributed by atoms with E-state index in [-0.39, 0.29) is 25.9 Å². The standard InChI is InChI=1S/C7H8O6S2.Mg.2H/c1-13-15(11,12)7-5-3-2-4-6(7)14(8,9)10;;;/h2-5H,1H3,(H,8,9,10);;;/q;+2;2*-1. The first-order chi connectivity index (χ1) is 6.79. The van der Waals surface area contributed by atoms with Gasteiger partial charge in [0, 0.05) is 0 Å². The van der Waals surface area contributed by atoms with E-state index in [2.05, 4.69) is 4.18 Å². The van der Waals surface area contributed by atoms with Gasteiger partial charge in [-0.15, -0.1) is 0 Å². The molecule has 0 aliphatic carbocycles. The molecule has 1 aromatic carbocycles. The normalized spacial score (nSPS) is 11.9. The minimum Gasteiger partial charge on any atom is -1.00 e. The zero-order chi connectivity index (χ0) is 11.7. The van der Waals surface area contributed by atoms with Crippen molar-refractivity contribution in [3.05, 3.63) is 24.3 Å². The summed E-state index contributed by atoms with van der Waals surface area (Å²) in [5.74, 6) is 0. The van der Waals surface area contributed by atoms with Gasteiger partial charge in [-0.05, 0) is 12.1 Å². The Labute approximate surface area is 113 Å². The van der Waals surface area contributed by atoms with E-state index >= 15 is 0 Å². The molecule has 0 aliphatic rings. The minimum absolute atomic E-state index is 0. The molecule has 9 heteroatoms. The summed E-state index contributed by atoms with van der Waals surface area (Å²) in [6.45, 7) is 0. The van der Waals surface area contributed by atoms with Crippen LogP contribution in [-0.4, -0.2) is 51.6 Å². The molecule has 0 amide bonds. The Kier molecular flexibility index (Phi) is 5.36. The summed E-state index contributed by atoms with van der Waals surface area (Å²) >= 11 is 0. The van der Waals surface area contributed by atoms with Crippen LogP contribution in [-0.2, 0) is 24.4 Å². The van der Waals surface area contributed by atoms with Crippen molar-refractivity contribution in [2.24, 2.45) is 0 Å². The molecule has 88 valence electrons. The van der Waals surface area contributed by atoms with Gasteiger partial charge in [-0.3, -0.25) is 8.74 Å². The van der Waals surface area contributed by atoms with Gasteiger partial charge in [-0.2, -0.15) is 16.8 Å². The third kappa shape index (κ3) is 3.40. The summed E-state index contributed by atoms with van der Waals surface area (Å²) in [7, 11) is -7.84. The summed E-state index contributed by atoms with van der Waals surface area (Å²) < 4.78 is 57.2. The van der Waals surface area contributed by atoms with Crippen molar-refractivity contribution < 1.29 is 28.4 Å². The second kappa shape index (κ2) is 5.43. The van der Waals surface area contributed by atoms with E-state index in [0.717, 1.165) is 19.2 Å². The van der Waals surface area contributed by atoms with Gasteiger partial charge in [-0.25, -0.2) is 0 Å². The van der Waals surface area contributed by atoms with Crippen LogP contribution in [0.3, 0.4) is 0 Å². The molecule has 0 bridgehead atoms. The predicted octanol–water partition coefficient (Wildman–Crippen LogP) is 0.113. The second-order valence-electron chi connectivity index (χ2n) is 2.54. The summed E-state index contributed by atoms with van der Waals surface area (Å²) in [6.07, 6.45) is 0. The Morgan fingerprint density at radius 2 is 1.56 bits per heavy atom. The number of hydrogen-bond donors (Lipinski definition) is 1. The van der Waals surface area contributed by atoms with Crippen LogP contribution in [0.2, 0.25) is 0 Å². The Morgan fingerprint density at radius 3 is 1.94 bits per heavy atom. The molecule has 0 atom stereocenters. The van der Waals surface area contributed by atoms with Crippen molar-refractivity contribution in [1.29, 1.82) is 0 Å². The van der Waals surface area contributed by atoms with Gasteiger partial charge in [0.05, 0.1) is 7.11 Å². The van der Waals surface area contributed by atoms with Crippen LogP contribution < -0.4 is 0 Å². The Hall–Kier alpha value is -0.194. The second-order valence-corrected chi connectivity index (χ2v) is 5.61. The first-order valence-corrected chi connectivity index (χ1v) is 6.51. The third-order valence-corrected chi connectivity index (χ3v) is 3.99. The predicted molar refractivity (Wildman–Crippen MR) is 58.4 cm³/mol. The fourth-order valence-corrected chi connectivity index (χ4v) is 2.89. The van der Waals surface area contributed by atoms with E-state index in [1.54, 1.807) is 0 Å². The first-order valence-electron chi connectivity index (χ1n) is 3.66. The molecule has 0 unspecified atom stereocenters. The molecular weight excluding hydrogens is 269 g/mol. The molecule has 0 aromatic heterocycles. The van der Waals surface area contributed by atoms with Gasteiger partial charge in [0.2, 0.25) is 0 Å². The largest absolute Gasteiger partial charge is 2.00 e. The average molecular weight is 279 g/mol. The van der Waals surface area contributed by atoms with Crippen LogP contribution in [0.1, 0.15) is 2.85 Å². The topological polar surface area (TPSA) is 97.7 Å². The van der Waals surface area contributed by atoms with E-state index in [1.807, 2.05) is 0 Å². The monoisotopic (exact) mass is 278 g/mol. The Bertz CT molecular complexity index is 571. The number of benzene rings is 1. The van der Waals surface area contributed by atoms with Crippen molar-refractivity contribution in [1.82, 2.24) is 0 Å². The van der Waals surface area contributed by atoms with Gasteiger partial charge in [0.25, 0.3) is 20.2 Å². The van der Waals surface area contributed by atoms with Gasteiger partial charge in [0.1, 0.15) is 9.79 Å². The molecular formula is C7H10MgO6S2. The van der Waals surface area contributed by atoms with Crippen molar-refractivity contribution in [2.75, 3.05) is 7.11 Å². The van der Waals surface area contributed by atoms with E-state index in [4.69, 9.17) is 4.55 Å². The number of hydrogen-bond acceptors (Lipinski definition) is 5. The molecule has 1 aromatic rings. The zero-order valence-electron chi connectivity index (χ0n) is 10.3. The SMILES string of the molecule is COS(=O)(=O)c1ccccc1S(=O)(=O)O.[H-].[H-].[Mg+2]. The first kappa shape index (κ1) is 15.8. The molecule has 0 saturated carbocycles. The van der Waals surface area contributed by atoms with Crippen LogP contribution in [0.4, 0.5) is 0 Å². The maximum atomic E-state index is 11.3. The minimum atomic E-state index is -4.59. The van der Waals surface area contributed by atoms with Gasteiger partial charge >= 0.3 is 23.1 Å².